The number of carbonyl (C=O) groups is 2. The number of benzene rings is 2. The first-order valence-electron chi connectivity index (χ1n) is 10.8. The maximum absolute atomic E-state index is 13.6. The zero-order chi connectivity index (χ0) is 20.7. The zero-order valence-corrected chi connectivity index (χ0v) is 17.3. The molecular formula is C25H27N3O2. The quantitative estimate of drug-likeness (QED) is 0.708. The molecule has 0 bridgehead atoms. The van der Waals surface area contributed by atoms with Crippen LogP contribution in [0, 0.1) is 5.92 Å². The minimum Gasteiger partial charge on any atom is -0.356 e. The van der Waals surface area contributed by atoms with Gasteiger partial charge in [-0.05, 0) is 36.5 Å². The summed E-state index contributed by atoms with van der Waals surface area (Å²) in [6.45, 7) is 3.68. The molecule has 30 heavy (non-hydrogen) atoms. The van der Waals surface area contributed by atoms with E-state index in [1.807, 2.05) is 29.2 Å². The van der Waals surface area contributed by atoms with Crippen molar-refractivity contribution in [2.75, 3.05) is 19.6 Å². The number of fused-ring (bicyclic) bond motifs is 3. The third-order valence-electron chi connectivity index (χ3n) is 6.72. The van der Waals surface area contributed by atoms with Crippen molar-refractivity contribution >= 4 is 22.7 Å². The number of aromatic nitrogens is 1. The summed E-state index contributed by atoms with van der Waals surface area (Å²) in [4.78, 5) is 32.9. The minimum absolute atomic E-state index is 0.0160. The number of para-hydroxylation sites is 1. The summed E-state index contributed by atoms with van der Waals surface area (Å²) in [7, 11) is 0. The fraction of sp³-hybridized carbons (Fsp3) is 0.360. The first-order valence-corrected chi connectivity index (χ1v) is 10.8. The van der Waals surface area contributed by atoms with Gasteiger partial charge in [-0.25, -0.2) is 0 Å². The van der Waals surface area contributed by atoms with Crippen LogP contribution in [-0.4, -0.2) is 46.2 Å². The van der Waals surface area contributed by atoms with Gasteiger partial charge in [-0.3, -0.25) is 9.59 Å². The number of likely N-dealkylation sites (tertiary alicyclic amines) is 1. The average Bonchev–Trinajstić information content (AvgIpc) is 3.17. The largest absolute Gasteiger partial charge is 0.356 e. The van der Waals surface area contributed by atoms with Crippen LogP contribution in [0.2, 0.25) is 0 Å². The third kappa shape index (κ3) is 3.18. The molecule has 5 nitrogen and oxygen atoms in total. The van der Waals surface area contributed by atoms with Crippen LogP contribution in [0.1, 0.15) is 42.6 Å². The predicted octanol–water partition coefficient (Wildman–Crippen LogP) is 3.90. The fourth-order valence-electron chi connectivity index (χ4n) is 5.14. The molecule has 154 valence electrons. The van der Waals surface area contributed by atoms with Crippen LogP contribution in [0.25, 0.3) is 10.9 Å². The highest BCUT2D eigenvalue weighted by atomic mass is 16.2. The number of rotatable bonds is 2. The maximum Gasteiger partial charge on any atom is 0.226 e. The summed E-state index contributed by atoms with van der Waals surface area (Å²) in [6.07, 6.45) is 2.35. The van der Waals surface area contributed by atoms with E-state index in [-0.39, 0.29) is 23.8 Å². The molecule has 0 radical (unpaired) electrons. The first kappa shape index (κ1) is 18.9. The molecule has 1 aromatic heterocycles. The molecule has 0 aliphatic carbocycles. The Hall–Kier alpha value is -3.08. The van der Waals surface area contributed by atoms with Crippen molar-refractivity contribution in [2.45, 2.75) is 32.2 Å². The third-order valence-corrected chi connectivity index (χ3v) is 6.72. The number of hydrogen-bond donors (Lipinski definition) is 1. The van der Waals surface area contributed by atoms with Gasteiger partial charge < -0.3 is 14.8 Å². The van der Waals surface area contributed by atoms with E-state index >= 15 is 0 Å². The molecule has 2 aliphatic rings. The van der Waals surface area contributed by atoms with Gasteiger partial charge in [0.15, 0.2) is 0 Å². The highest BCUT2D eigenvalue weighted by Crippen LogP contribution is 2.39. The van der Waals surface area contributed by atoms with E-state index < -0.39 is 0 Å². The molecule has 2 aromatic carbocycles. The van der Waals surface area contributed by atoms with Crippen molar-refractivity contribution < 1.29 is 9.59 Å². The molecule has 1 saturated heterocycles. The molecule has 3 aromatic rings. The Labute approximate surface area is 176 Å². The Balaban J connectivity index is 1.50. The lowest BCUT2D eigenvalue weighted by atomic mass is 9.89. The summed E-state index contributed by atoms with van der Waals surface area (Å²) >= 11 is 0. The molecule has 1 fully saturated rings. The number of nitrogens with one attached hydrogen (secondary N) is 1. The Kier molecular flexibility index (Phi) is 4.81. The summed E-state index contributed by atoms with van der Waals surface area (Å²) in [5.41, 5.74) is 4.74. The summed E-state index contributed by atoms with van der Waals surface area (Å²) in [6, 6.07) is 18.6. The molecule has 5 heteroatoms. The Morgan fingerprint density at radius 1 is 0.933 bits per heavy atom. The molecule has 0 spiro atoms. The molecule has 1 atom stereocenters. The van der Waals surface area contributed by atoms with Gasteiger partial charge in [-0.1, -0.05) is 48.5 Å². The molecule has 3 heterocycles. The SMILES string of the molecule is CC(=O)N1CCC(C(=O)N2CCc3c([nH]c4ccccc34)C2c2ccccc2)CC1. The Morgan fingerprint density at radius 3 is 2.37 bits per heavy atom. The van der Waals surface area contributed by atoms with Crippen molar-refractivity contribution in [2.24, 2.45) is 5.92 Å². The van der Waals surface area contributed by atoms with Gasteiger partial charge in [-0.2, -0.15) is 0 Å². The lowest BCUT2D eigenvalue weighted by Gasteiger charge is -2.40. The molecule has 0 saturated carbocycles. The molecule has 2 aliphatic heterocycles. The lowest BCUT2D eigenvalue weighted by Crippen LogP contribution is -2.47. The highest BCUT2D eigenvalue weighted by molar-refractivity contribution is 5.87. The molecular weight excluding hydrogens is 374 g/mol. The van der Waals surface area contributed by atoms with E-state index in [1.54, 1.807) is 6.92 Å². The number of H-pyrrole nitrogens is 1. The smallest absolute Gasteiger partial charge is 0.226 e. The lowest BCUT2D eigenvalue weighted by molar-refractivity contribution is -0.141. The van der Waals surface area contributed by atoms with Crippen molar-refractivity contribution in [3.05, 3.63) is 71.4 Å². The molecule has 1 N–H and O–H groups in total. The van der Waals surface area contributed by atoms with E-state index in [0.29, 0.717) is 13.1 Å². The van der Waals surface area contributed by atoms with Crippen LogP contribution in [0.3, 0.4) is 0 Å². The summed E-state index contributed by atoms with van der Waals surface area (Å²) < 4.78 is 0. The van der Waals surface area contributed by atoms with Crippen LogP contribution < -0.4 is 0 Å². The zero-order valence-electron chi connectivity index (χ0n) is 17.3. The van der Waals surface area contributed by atoms with Crippen LogP contribution >= 0.6 is 0 Å². The second-order valence-corrected chi connectivity index (χ2v) is 8.44. The van der Waals surface area contributed by atoms with Crippen LogP contribution in [-0.2, 0) is 16.0 Å². The second-order valence-electron chi connectivity index (χ2n) is 8.44. The van der Waals surface area contributed by atoms with Crippen molar-refractivity contribution in [3.63, 3.8) is 0 Å². The standard InChI is InChI=1S/C25H27N3O2/c1-17(29)27-14-11-19(12-15-27)25(30)28-16-13-21-20-9-5-6-10-22(20)26-23(21)24(28)18-7-3-2-4-8-18/h2-10,19,24,26H,11-16H2,1H3. The van der Waals surface area contributed by atoms with Crippen LogP contribution in [0.5, 0.6) is 0 Å². The topological polar surface area (TPSA) is 56.4 Å². The van der Waals surface area contributed by atoms with Gasteiger partial charge in [0, 0.05) is 49.1 Å². The molecule has 5 rings (SSSR count). The number of aromatic amines is 1. The van der Waals surface area contributed by atoms with E-state index in [9.17, 15) is 9.59 Å². The average molecular weight is 402 g/mol. The first-order chi connectivity index (χ1) is 14.6. The van der Waals surface area contributed by atoms with Gasteiger partial charge in [0.25, 0.3) is 0 Å². The van der Waals surface area contributed by atoms with E-state index in [4.69, 9.17) is 0 Å². The van der Waals surface area contributed by atoms with Gasteiger partial charge in [0.2, 0.25) is 11.8 Å². The van der Waals surface area contributed by atoms with Gasteiger partial charge in [0.1, 0.15) is 0 Å². The van der Waals surface area contributed by atoms with Crippen molar-refractivity contribution in [1.29, 1.82) is 0 Å². The van der Waals surface area contributed by atoms with Gasteiger partial charge in [0.05, 0.1) is 6.04 Å². The molecule has 1 unspecified atom stereocenters. The van der Waals surface area contributed by atoms with Crippen LogP contribution in [0.15, 0.2) is 54.6 Å². The number of piperidine rings is 1. The van der Waals surface area contributed by atoms with E-state index in [1.165, 1.54) is 10.9 Å². The van der Waals surface area contributed by atoms with Gasteiger partial charge >= 0.3 is 0 Å². The maximum atomic E-state index is 13.6. The Morgan fingerprint density at radius 2 is 1.63 bits per heavy atom. The Bertz CT molecular complexity index is 1080. The number of nitrogens with zero attached hydrogens (tertiary/aromatic N) is 2. The predicted molar refractivity (Wildman–Crippen MR) is 117 cm³/mol. The monoisotopic (exact) mass is 401 g/mol. The van der Waals surface area contributed by atoms with Crippen molar-refractivity contribution in [1.82, 2.24) is 14.8 Å². The fourth-order valence-corrected chi connectivity index (χ4v) is 5.14. The highest BCUT2D eigenvalue weighted by Gasteiger charge is 2.38. The second kappa shape index (κ2) is 7.63. The molecule has 2 amide bonds. The van der Waals surface area contributed by atoms with Crippen LogP contribution in [0.4, 0.5) is 0 Å². The number of amides is 2. The van der Waals surface area contributed by atoms with E-state index in [0.717, 1.165) is 42.6 Å². The summed E-state index contributed by atoms with van der Waals surface area (Å²) in [5, 5.41) is 1.26. The van der Waals surface area contributed by atoms with Gasteiger partial charge in [-0.15, -0.1) is 0 Å². The van der Waals surface area contributed by atoms with E-state index in [2.05, 4.69) is 40.2 Å². The number of hydrogen-bond acceptors (Lipinski definition) is 2. The van der Waals surface area contributed by atoms with Crippen molar-refractivity contribution in [3.8, 4) is 0 Å². The minimum atomic E-state index is -0.0966. The summed E-state index contributed by atoms with van der Waals surface area (Å²) in [5.74, 6) is 0.304. The number of carbonyl (C=O) groups excluding carboxylic acids is 2. The normalized spacial score (nSPS) is 19.7.